The minimum Gasteiger partial charge on any atom is -0.481 e. The molecular formula is C17H22N2O5S. The molecule has 0 aromatic heterocycles. The Morgan fingerprint density at radius 3 is 2.20 bits per heavy atom. The molecule has 7 nitrogen and oxygen atoms in total. The number of carboxylic acids is 1. The van der Waals surface area contributed by atoms with Crippen molar-refractivity contribution in [3.63, 3.8) is 0 Å². The number of carbonyl (C=O) groups excluding carboxylic acids is 1. The van der Waals surface area contributed by atoms with Crippen molar-refractivity contribution in [1.29, 1.82) is 0 Å². The van der Waals surface area contributed by atoms with Crippen LogP contribution in [0.2, 0.25) is 0 Å². The van der Waals surface area contributed by atoms with E-state index < -0.39 is 27.8 Å². The van der Waals surface area contributed by atoms with Gasteiger partial charge in [-0.2, -0.15) is 4.31 Å². The van der Waals surface area contributed by atoms with Gasteiger partial charge in [0.2, 0.25) is 15.9 Å². The summed E-state index contributed by atoms with van der Waals surface area (Å²) in [7, 11) is -3.43. The number of nitrogens with zero attached hydrogens (tertiary/aromatic N) is 1. The molecule has 8 heteroatoms. The lowest BCUT2D eigenvalue weighted by Gasteiger charge is -2.31. The van der Waals surface area contributed by atoms with Gasteiger partial charge >= 0.3 is 5.97 Å². The van der Waals surface area contributed by atoms with Crippen LogP contribution in [0, 0.1) is 11.8 Å². The van der Waals surface area contributed by atoms with Gasteiger partial charge in [0.25, 0.3) is 0 Å². The van der Waals surface area contributed by atoms with Gasteiger partial charge in [0.1, 0.15) is 0 Å². The summed E-state index contributed by atoms with van der Waals surface area (Å²) in [5.41, 5.74) is 0.778. The number of amides is 1. The number of carbonyl (C=O) groups is 2. The Hall–Kier alpha value is -1.93. The number of aliphatic carboxylic acids is 1. The maximum Gasteiger partial charge on any atom is 0.307 e. The molecule has 2 fully saturated rings. The van der Waals surface area contributed by atoms with Crippen molar-refractivity contribution in [3.05, 3.63) is 29.8 Å². The Morgan fingerprint density at radius 1 is 1.08 bits per heavy atom. The standard InChI is InChI=1S/C17H22N2O5S/c20-16(14-7-8-15(14)17(21)22)18-11-12-3-5-13(6-4-12)25(23,24)19-9-1-2-10-19/h3-6,14-15H,1-2,7-11H2,(H,18,20)(H,21,22). The molecule has 1 aliphatic heterocycles. The zero-order chi connectivity index (χ0) is 18.0. The second-order valence-corrected chi connectivity index (χ2v) is 8.54. The van der Waals surface area contributed by atoms with E-state index in [1.54, 1.807) is 24.3 Å². The lowest BCUT2D eigenvalue weighted by molar-refractivity contribution is -0.152. The van der Waals surface area contributed by atoms with Crippen LogP contribution in [0.4, 0.5) is 0 Å². The number of rotatable bonds is 6. The third-order valence-electron chi connectivity index (χ3n) is 5.02. The third kappa shape index (κ3) is 3.69. The quantitative estimate of drug-likeness (QED) is 0.787. The number of benzene rings is 1. The summed E-state index contributed by atoms with van der Waals surface area (Å²) in [4.78, 5) is 23.3. The first kappa shape index (κ1) is 17.9. The molecule has 2 aliphatic rings. The average Bonchev–Trinajstić information content (AvgIpc) is 3.07. The first-order valence-electron chi connectivity index (χ1n) is 8.49. The molecule has 0 spiro atoms. The normalized spacial score (nSPS) is 23.8. The highest BCUT2D eigenvalue weighted by atomic mass is 32.2. The van der Waals surface area contributed by atoms with E-state index in [1.165, 1.54) is 4.31 Å². The fourth-order valence-corrected chi connectivity index (χ4v) is 4.80. The van der Waals surface area contributed by atoms with Crippen molar-refractivity contribution in [1.82, 2.24) is 9.62 Å². The van der Waals surface area contributed by atoms with Crippen LogP contribution in [-0.4, -0.2) is 42.8 Å². The minimum atomic E-state index is -3.43. The molecular weight excluding hydrogens is 344 g/mol. The van der Waals surface area contributed by atoms with Crippen molar-refractivity contribution in [3.8, 4) is 0 Å². The monoisotopic (exact) mass is 366 g/mol. The molecule has 1 saturated carbocycles. The van der Waals surface area contributed by atoms with E-state index in [-0.39, 0.29) is 17.3 Å². The van der Waals surface area contributed by atoms with E-state index in [0.717, 1.165) is 18.4 Å². The number of nitrogens with one attached hydrogen (secondary N) is 1. The van der Waals surface area contributed by atoms with E-state index in [4.69, 9.17) is 5.11 Å². The minimum absolute atomic E-state index is 0.256. The Morgan fingerprint density at radius 2 is 1.68 bits per heavy atom. The average molecular weight is 366 g/mol. The second-order valence-electron chi connectivity index (χ2n) is 6.60. The Kier molecular flexibility index (Phi) is 5.10. The molecule has 136 valence electrons. The van der Waals surface area contributed by atoms with Gasteiger partial charge in [0.05, 0.1) is 16.7 Å². The highest BCUT2D eigenvalue weighted by Crippen LogP contribution is 2.34. The molecule has 1 saturated heterocycles. The molecule has 2 N–H and O–H groups in total. The maximum absolute atomic E-state index is 12.4. The molecule has 1 amide bonds. The molecule has 1 heterocycles. The van der Waals surface area contributed by atoms with E-state index in [1.807, 2.05) is 0 Å². The van der Waals surface area contributed by atoms with Crippen LogP contribution in [0.15, 0.2) is 29.2 Å². The topological polar surface area (TPSA) is 104 Å². The highest BCUT2D eigenvalue weighted by molar-refractivity contribution is 7.89. The molecule has 0 bridgehead atoms. The second kappa shape index (κ2) is 7.13. The van der Waals surface area contributed by atoms with E-state index in [9.17, 15) is 18.0 Å². The lowest BCUT2D eigenvalue weighted by atomic mass is 9.73. The molecule has 2 unspecified atom stereocenters. The number of hydrogen-bond donors (Lipinski definition) is 2. The zero-order valence-electron chi connectivity index (χ0n) is 13.8. The van der Waals surface area contributed by atoms with Gasteiger partial charge in [-0.15, -0.1) is 0 Å². The fourth-order valence-electron chi connectivity index (χ4n) is 3.29. The van der Waals surface area contributed by atoms with Gasteiger partial charge < -0.3 is 10.4 Å². The Bertz CT molecular complexity index is 754. The largest absolute Gasteiger partial charge is 0.481 e. The SMILES string of the molecule is O=C(O)C1CCC1C(=O)NCc1ccc(S(=O)(=O)N2CCCC2)cc1. The van der Waals surface area contributed by atoms with Crippen LogP contribution in [0.3, 0.4) is 0 Å². The van der Waals surface area contributed by atoms with E-state index in [2.05, 4.69) is 5.32 Å². The van der Waals surface area contributed by atoms with Crippen molar-refractivity contribution in [2.45, 2.75) is 37.1 Å². The van der Waals surface area contributed by atoms with Crippen molar-refractivity contribution in [2.24, 2.45) is 11.8 Å². The van der Waals surface area contributed by atoms with Crippen LogP contribution in [-0.2, 0) is 26.2 Å². The van der Waals surface area contributed by atoms with Crippen LogP contribution >= 0.6 is 0 Å². The highest BCUT2D eigenvalue weighted by Gasteiger charge is 2.41. The molecule has 1 aromatic rings. The van der Waals surface area contributed by atoms with Crippen molar-refractivity contribution >= 4 is 21.9 Å². The van der Waals surface area contributed by atoms with Crippen molar-refractivity contribution < 1.29 is 23.1 Å². The maximum atomic E-state index is 12.4. The van der Waals surface area contributed by atoms with Gasteiger partial charge in [-0.1, -0.05) is 12.1 Å². The van der Waals surface area contributed by atoms with Crippen LogP contribution in [0.25, 0.3) is 0 Å². The molecule has 25 heavy (non-hydrogen) atoms. The number of sulfonamides is 1. The smallest absolute Gasteiger partial charge is 0.307 e. The first-order chi connectivity index (χ1) is 11.9. The lowest BCUT2D eigenvalue weighted by Crippen LogP contribution is -2.43. The van der Waals surface area contributed by atoms with Crippen LogP contribution < -0.4 is 5.32 Å². The molecule has 2 atom stereocenters. The predicted octanol–water partition coefficient (Wildman–Crippen LogP) is 1.20. The summed E-state index contributed by atoms with van der Waals surface area (Å²) in [6.07, 6.45) is 2.91. The van der Waals surface area contributed by atoms with E-state index in [0.29, 0.717) is 25.9 Å². The third-order valence-corrected chi connectivity index (χ3v) is 6.93. The molecule has 0 radical (unpaired) electrons. The molecule has 1 aromatic carbocycles. The predicted molar refractivity (Wildman–Crippen MR) is 90.1 cm³/mol. The van der Waals surface area contributed by atoms with Crippen LogP contribution in [0.5, 0.6) is 0 Å². The molecule has 1 aliphatic carbocycles. The fraction of sp³-hybridized carbons (Fsp3) is 0.529. The van der Waals surface area contributed by atoms with Gasteiger partial charge in [0, 0.05) is 19.6 Å². The van der Waals surface area contributed by atoms with Crippen molar-refractivity contribution in [2.75, 3.05) is 13.1 Å². The summed E-state index contributed by atoms with van der Waals surface area (Å²) in [6, 6.07) is 6.47. The number of hydrogen-bond acceptors (Lipinski definition) is 4. The zero-order valence-corrected chi connectivity index (χ0v) is 14.7. The molecule has 3 rings (SSSR count). The Balaban J connectivity index is 1.58. The Labute approximate surface area is 147 Å². The number of carboxylic acid groups (broad SMARTS) is 1. The summed E-state index contributed by atoms with van der Waals surface area (Å²) >= 11 is 0. The van der Waals surface area contributed by atoms with Crippen LogP contribution in [0.1, 0.15) is 31.2 Å². The van der Waals surface area contributed by atoms with E-state index >= 15 is 0 Å². The summed E-state index contributed by atoms with van der Waals surface area (Å²) in [5, 5.41) is 11.7. The summed E-state index contributed by atoms with van der Waals surface area (Å²) < 4.78 is 26.4. The summed E-state index contributed by atoms with van der Waals surface area (Å²) in [6.45, 7) is 1.38. The van der Waals surface area contributed by atoms with Gasteiger partial charge in [-0.25, -0.2) is 8.42 Å². The van der Waals surface area contributed by atoms with Gasteiger partial charge in [-0.05, 0) is 43.4 Å². The van der Waals surface area contributed by atoms with Gasteiger partial charge in [0.15, 0.2) is 0 Å². The first-order valence-corrected chi connectivity index (χ1v) is 9.93. The summed E-state index contributed by atoms with van der Waals surface area (Å²) in [5.74, 6) is -2.24. The van der Waals surface area contributed by atoms with Gasteiger partial charge in [-0.3, -0.25) is 9.59 Å².